The highest BCUT2D eigenvalue weighted by atomic mass is 19.4. The van der Waals surface area contributed by atoms with Crippen molar-refractivity contribution in [1.82, 2.24) is 0 Å². The van der Waals surface area contributed by atoms with Gasteiger partial charge in [-0.05, 0) is 28.8 Å². The third kappa shape index (κ3) is 3.25. The van der Waals surface area contributed by atoms with Crippen LogP contribution in [-0.4, -0.2) is 13.1 Å². The van der Waals surface area contributed by atoms with E-state index in [0.29, 0.717) is 18.8 Å². The molecule has 5 heteroatoms. The Hall–Kier alpha value is -1.85. The van der Waals surface area contributed by atoms with Crippen LogP contribution in [-0.2, 0) is 22.1 Å². The Morgan fingerprint density at radius 1 is 0.952 bits per heavy atom. The zero-order chi connectivity index (χ0) is 14.9. The molecule has 1 aliphatic rings. The maximum atomic E-state index is 12.7. The van der Waals surface area contributed by atoms with E-state index in [1.54, 1.807) is 6.07 Å². The molecule has 0 bridgehead atoms. The summed E-state index contributed by atoms with van der Waals surface area (Å²) in [4.78, 5) is 0. The number of alkyl halides is 3. The molecule has 1 aliphatic heterocycles. The monoisotopic (exact) mass is 294 g/mol. The van der Waals surface area contributed by atoms with Crippen LogP contribution in [0.25, 0.3) is 11.1 Å². The molecule has 1 heterocycles. The highest BCUT2D eigenvalue weighted by Crippen LogP contribution is 2.32. The van der Waals surface area contributed by atoms with Gasteiger partial charge in [0.25, 0.3) is 0 Å². The van der Waals surface area contributed by atoms with Crippen LogP contribution in [0.15, 0.2) is 48.5 Å². The van der Waals surface area contributed by atoms with Crippen LogP contribution in [0.4, 0.5) is 13.2 Å². The number of hydrogen-bond acceptors (Lipinski definition) is 2. The van der Waals surface area contributed by atoms with Gasteiger partial charge in [-0.3, -0.25) is 0 Å². The lowest BCUT2D eigenvalue weighted by atomic mass is 10.0. The molecule has 0 spiro atoms. The minimum atomic E-state index is -4.32. The van der Waals surface area contributed by atoms with Crippen molar-refractivity contribution >= 4 is 0 Å². The van der Waals surface area contributed by atoms with Gasteiger partial charge in [0, 0.05) is 6.42 Å². The zero-order valence-electron chi connectivity index (χ0n) is 11.1. The number of ether oxygens (including phenoxy) is 2. The fourth-order valence-electron chi connectivity index (χ4n) is 2.18. The summed E-state index contributed by atoms with van der Waals surface area (Å²) in [6, 6.07) is 12.7. The molecule has 21 heavy (non-hydrogen) atoms. The third-order valence-corrected chi connectivity index (χ3v) is 3.39. The summed E-state index contributed by atoms with van der Waals surface area (Å²) in [6.45, 7) is 0.326. The minimum absolute atomic E-state index is 0.204. The fraction of sp³-hybridized carbons (Fsp3) is 0.250. The molecule has 0 aliphatic carbocycles. The van der Waals surface area contributed by atoms with Gasteiger partial charge in [-0.1, -0.05) is 36.4 Å². The van der Waals surface area contributed by atoms with E-state index in [0.717, 1.165) is 23.3 Å². The van der Waals surface area contributed by atoms with Crippen LogP contribution in [0.1, 0.15) is 11.1 Å². The Kier molecular flexibility index (Phi) is 3.69. The van der Waals surface area contributed by atoms with Crippen LogP contribution in [0, 0.1) is 0 Å². The number of benzene rings is 2. The lowest BCUT2D eigenvalue weighted by Crippen LogP contribution is -2.32. The largest absolute Gasteiger partial charge is 0.416 e. The van der Waals surface area contributed by atoms with Crippen molar-refractivity contribution in [2.24, 2.45) is 0 Å². The molecule has 0 amide bonds. The molecule has 1 fully saturated rings. The molecular formula is C16H13F3O2. The molecule has 2 aromatic rings. The Morgan fingerprint density at radius 2 is 1.67 bits per heavy atom. The number of hydrogen-bond donors (Lipinski definition) is 0. The number of halogens is 3. The third-order valence-electron chi connectivity index (χ3n) is 3.39. The van der Waals surface area contributed by atoms with Gasteiger partial charge in [0.2, 0.25) is 0 Å². The van der Waals surface area contributed by atoms with Crippen molar-refractivity contribution in [2.75, 3.05) is 6.79 Å². The summed E-state index contributed by atoms with van der Waals surface area (Å²) in [6.07, 6.45) is -3.89. The van der Waals surface area contributed by atoms with Gasteiger partial charge in [-0.2, -0.15) is 13.2 Å². The van der Waals surface area contributed by atoms with E-state index >= 15 is 0 Å². The van der Waals surface area contributed by atoms with Crippen molar-refractivity contribution in [2.45, 2.75) is 18.9 Å². The second-order valence-electron chi connectivity index (χ2n) is 4.86. The van der Waals surface area contributed by atoms with Crippen molar-refractivity contribution in [3.63, 3.8) is 0 Å². The fourth-order valence-corrected chi connectivity index (χ4v) is 2.18. The summed E-state index contributed by atoms with van der Waals surface area (Å²) in [5.74, 6) is 0. The Morgan fingerprint density at radius 3 is 2.24 bits per heavy atom. The van der Waals surface area contributed by atoms with E-state index in [4.69, 9.17) is 9.47 Å². The van der Waals surface area contributed by atoms with Gasteiger partial charge in [0.05, 0.1) is 5.56 Å². The average Bonchev–Trinajstić information content (AvgIpc) is 2.43. The van der Waals surface area contributed by atoms with Gasteiger partial charge in [-0.15, -0.1) is 0 Å². The first kappa shape index (κ1) is 14.1. The molecule has 0 radical (unpaired) electrons. The summed E-state index contributed by atoms with van der Waals surface area (Å²) >= 11 is 0. The maximum Gasteiger partial charge on any atom is 0.416 e. The molecule has 1 saturated heterocycles. The zero-order valence-corrected chi connectivity index (χ0v) is 11.1. The predicted octanol–water partition coefficient (Wildman–Crippen LogP) is 4.25. The van der Waals surface area contributed by atoms with Gasteiger partial charge in [-0.25, -0.2) is 0 Å². The molecular weight excluding hydrogens is 281 g/mol. The Labute approximate surface area is 120 Å². The standard InChI is InChI=1S/C16H13F3O2/c17-16(18,19)14-3-1-2-13(9-14)12-6-4-11(5-7-12)8-15-20-10-21-15/h1-7,9,15H,8,10H2. The lowest BCUT2D eigenvalue weighted by Gasteiger charge is -2.26. The van der Waals surface area contributed by atoms with Crippen LogP contribution in [0.5, 0.6) is 0 Å². The minimum Gasteiger partial charge on any atom is -0.326 e. The lowest BCUT2D eigenvalue weighted by molar-refractivity contribution is -0.318. The van der Waals surface area contributed by atoms with Gasteiger partial charge in [0.1, 0.15) is 0 Å². The maximum absolute atomic E-state index is 12.7. The Bertz CT molecular complexity index is 616. The second kappa shape index (κ2) is 5.50. The highest BCUT2D eigenvalue weighted by molar-refractivity contribution is 5.64. The van der Waals surface area contributed by atoms with Crippen molar-refractivity contribution in [3.8, 4) is 11.1 Å². The molecule has 110 valence electrons. The summed E-state index contributed by atoms with van der Waals surface area (Å²) in [7, 11) is 0. The molecule has 0 aromatic heterocycles. The van der Waals surface area contributed by atoms with Gasteiger partial charge in [0.15, 0.2) is 13.1 Å². The predicted molar refractivity (Wildman–Crippen MR) is 71.4 cm³/mol. The van der Waals surface area contributed by atoms with Gasteiger partial charge >= 0.3 is 6.18 Å². The molecule has 0 N–H and O–H groups in total. The molecule has 2 nitrogen and oxygen atoms in total. The first-order chi connectivity index (χ1) is 10.0. The quantitative estimate of drug-likeness (QED) is 0.842. The van der Waals surface area contributed by atoms with E-state index in [1.165, 1.54) is 6.07 Å². The molecule has 2 aromatic carbocycles. The van der Waals surface area contributed by atoms with Crippen molar-refractivity contribution in [3.05, 3.63) is 59.7 Å². The van der Waals surface area contributed by atoms with Crippen LogP contribution < -0.4 is 0 Å². The smallest absolute Gasteiger partial charge is 0.326 e. The second-order valence-corrected chi connectivity index (χ2v) is 4.86. The molecule has 3 rings (SSSR count). The van der Waals surface area contributed by atoms with Crippen LogP contribution in [0.2, 0.25) is 0 Å². The summed E-state index contributed by atoms with van der Waals surface area (Å²) in [5, 5.41) is 0. The summed E-state index contributed by atoms with van der Waals surface area (Å²) < 4.78 is 48.4. The van der Waals surface area contributed by atoms with Gasteiger partial charge < -0.3 is 9.47 Å². The van der Waals surface area contributed by atoms with Crippen LogP contribution in [0.3, 0.4) is 0 Å². The highest BCUT2D eigenvalue weighted by Gasteiger charge is 2.30. The average molecular weight is 294 g/mol. The summed E-state index contributed by atoms with van der Waals surface area (Å²) in [5.41, 5.74) is 1.68. The molecule has 0 saturated carbocycles. The SMILES string of the molecule is FC(F)(F)c1cccc(-c2ccc(CC3OCO3)cc2)c1. The van der Waals surface area contributed by atoms with E-state index < -0.39 is 11.7 Å². The first-order valence-electron chi connectivity index (χ1n) is 6.52. The Balaban J connectivity index is 1.80. The van der Waals surface area contributed by atoms with Crippen molar-refractivity contribution < 1.29 is 22.6 Å². The molecule has 0 atom stereocenters. The normalized spacial score (nSPS) is 15.8. The first-order valence-corrected chi connectivity index (χ1v) is 6.52. The van der Waals surface area contributed by atoms with Crippen LogP contribution >= 0.6 is 0 Å². The van der Waals surface area contributed by atoms with E-state index in [2.05, 4.69) is 0 Å². The topological polar surface area (TPSA) is 18.5 Å². The van der Waals surface area contributed by atoms with E-state index in [-0.39, 0.29) is 6.29 Å². The van der Waals surface area contributed by atoms with E-state index in [1.807, 2.05) is 24.3 Å². The number of rotatable bonds is 3. The van der Waals surface area contributed by atoms with E-state index in [9.17, 15) is 13.2 Å². The molecule has 0 unspecified atom stereocenters. The van der Waals surface area contributed by atoms with Crippen molar-refractivity contribution in [1.29, 1.82) is 0 Å².